The molecule has 1 unspecified atom stereocenters. The van der Waals surface area contributed by atoms with Crippen molar-refractivity contribution in [2.24, 2.45) is 5.92 Å². The molecule has 0 aromatic carbocycles. The minimum absolute atomic E-state index is 0.298. The topological polar surface area (TPSA) is 38.3 Å². The molecule has 0 saturated carbocycles. The summed E-state index contributed by atoms with van der Waals surface area (Å²) in [6.45, 7) is 6.22. The van der Waals surface area contributed by atoms with Gasteiger partial charge in [0.25, 0.3) is 0 Å². The Hall–Kier alpha value is -0.640. The molecule has 0 fully saturated rings. The van der Waals surface area contributed by atoms with Gasteiger partial charge in [0.05, 0.1) is 5.92 Å². The van der Waals surface area contributed by atoms with E-state index in [-0.39, 0.29) is 5.92 Å². The summed E-state index contributed by atoms with van der Waals surface area (Å²) in [4.78, 5) is 13.9. The van der Waals surface area contributed by atoms with Gasteiger partial charge in [0.1, 0.15) is 0 Å². The molecule has 4 heteroatoms. The summed E-state index contributed by atoms with van der Waals surface area (Å²) >= 11 is 0. The fraction of sp³-hybridized carbons (Fsp3) is 0.875. The lowest BCUT2D eigenvalue weighted by Crippen LogP contribution is -2.32. The van der Waals surface area contributed by atoms with Crippen LogP contribution in [-0.2, 0) is 9.74 Å². The lowest BCUT2D eigenvalue weighted by atomic mass is 10.1. The zero-order chi connectivity index (χ0) is 9.56. The molecule has 0 aliphatic heterocycles. The SMILES string of the molecule is CCC(CNC(C)C)C(=O)OF. The van der Waals surface area contributed by atoms with Crippen molar-refractivity contribution in [3.63, 3.8) is 0 Å². The molecular weight excluding hydrogens is 161 g/mol. The molecule has 0 aliphatic rings. The van der Waals surface area contributed by atoms with Crippen LogP contribution in [0.2, 0.25) is 0 Å². The van der Waals surface area contributed by atoms with Crippen LogP contribution in [0.3, 0.4) is 0 Å². The van der Waals surface area contributed by atoms with Crippen LogP contribution >= 0.6 is 0 Å². The Morgan fingerprint density at radius 1 is 1.58 bits per heavy atom. The summed E-state index contributed by atoms with van der Waals surface area (Å²) in [5, 5.41) is 3.04. The van der Waals surface area contributed by atoms with Crippen molar-refractivity contribution in [2.45, 2.75) is 33.2 Å². The first-order valence-corrected chi connectivity index (χ1v) is 4.17. The van der Waals surface area contributed by atoms with Crippen LogP contribution in [0.1, 0.15) is 27.2 Å². The number of carbonyl (C=O) groups is 1. The third-order valence-electron chi connectivity index (χ3n) is 1.67. The molecule has 0 saturated heterocycles. The summed E-state index contributed by atoms with van der Waals surface area (Å²) in [6.07, 6.45) is 0.586. The number of halogens is 1. The average Bonchev–Trinajstić information content (AvgIpc) is 2.04. The van der Waals surface area contributed by atoms with Crippen molar-refractivity contribution in [1.29, 1.82) is 0 Å². The average molecular weight is 177 g/mol. The highest BCUT2D eigenvalue weighted by Gasteiger charge is 2.18. The van der Waals surface area contributed by atoms with E-state index in [2.05, 4.69) is 10.3 Å². The van der Waals surface area contributed by atoms with E-state index in [1.54, 1.807) is 0 Å². The predicted molar refractivity (Wildman–Crippen MR) is 44.1 cm³/mol. The number of carbonyl (C=O) groups excluding carboxylic acids is 1. The molecule has 0 spiro atoms. The van der Waals surface area contributed by atoms with E-state index in [1.807, 2.05) is 20.8 Å². The van der Waals surface area contributed by atoms with E-state index in [4.69, 9.17) is 0 Å². The van der Waals surface area contributed by atoms with E-state index in [9.17, 15) is 9.32 Å². The molecular formula is C8H16FNO2. The van der Waals surface area contributed by atoms with Crippen molar-refractivity contribution in [3.05, 3.63) is 0 Å². The maximum Gasteiger partial charge on any atom is 0.353 e. The molecule has 0 rings (SSSR count). The smallest absolute Gasteiger partial charge is 0.314 e. The fourth-order valence-electron chi connectivity index (χ4n) is 0.835. The van der Waals surface area contributed by atoms with Crippen LogP contribution in [0.15, 0.2) is 0 Å². The number of nitrogens with one attached hydrogen (secondary N) is 1. The van der Waals surface area contributed by atoms with Crippen LogP contribution in [0.25, 0.3) is 0 Å². The van der Waals surface area contributed by atoms with Crippen LogP contribution < -0.4 is 5.32 Å². The van der Waals surface area contributed by atoms with E-state index in [0.717, 1.165) is 0 Å². The summed E-state index contributed by atoms with van der Waals surface area (Å²) < 4.78 is 11.5. The van der Waals surface area contributed by atoms with Gasteiger partial charge >= 0.3 is 5.97 Å². The molecule has 0 radical (unpaired) electrons. The van der Waals surface area contributed by atoms with Crippen LogP contribution in [0.5, 0.6) is 0 Å². The second-order valence-corrected chi connectivity index (χ2v) is 3.06. The first-order valence-electron chi connectivity index (χ1n) is 4.17. The first kappa shape index (κ1) is 11.4. The molecule has 1 atom stereocenters. The number of hydrogen-bond donors (Lipinski definition) is 1. The molecule has 0 aromatic heterocycles. The Morgan fingerprint density at radius 3 is 2.50 bits per heavy atom. The molecule has 1 N–H and O–H groups in total. The van der Waals surface area contributed by atoms with Crippen molar-refractivity contribution in [1.82, 2.24) is 5.32 Å². The second kappa shape index (κ2) is 5.94. The lowest BCUT2D eigenvalue weighted by Gasteiger charge is -2.13. The highest BCUT2D eigenvalue weighted by molar-refractivity contribution is 5.71. The van der Waals surface area contributed by atoms with Crippen LogP contribution in [-0.4, -0.2) is 18.6 Å². The molecule has 0 bridgehead atoms. The minimum Gasteiger partial charge on any atom is -0.314 e. The van der Waals surface area contributed by atoms with Crippen molar-refractivity contribution < 1.29 is 14.3 Å². The zero-order valence-electron chi connectivity index (χ0n) is 7.76. The Balaban J connectivity index is 3.75. The molecule has 3 nitrogen and oxygen atoms in total. The third kappa shape index (κ3) is 4.28. The highest BCUT2D eigenvalue weighted by Crippen LogP contribution is 2.04. The van der Waals surface area contributed by atoms with Gasteiger partial charge in [-0.25, -0.2) is 4.79 Å². The number of rotatable bonds is 5. The predicted octanol–water partition coefficient (Wildman–Crippen LogP) is 1.44. The summed E-state index contributed by atoms with van der Waals surface area (Å²) in [5.74, 6) is -1.16. The summed E-state index contributed by atoms with van der Waals surface area (Å²) in [5.41, 5.74) is 0. The minimum atomic E-state index is -0.786. The largest absolute Gasteiger partial charge is 0.353 e. The molecule has 12 heavy (non-hydrogen) atoms. The normalized spacial score (nSPS) is 13.1. The Kier molecular flexibility index (Phi) is 5.62. The van der Waals surface area contributed by atoms with Gasteiger partial charge in [0.15, 0.2) is 0 Å². The second-order valence-electron chi connectivity index (χ2n) is 3.06. The Morgan fingerprint density at radius 2 is 2.17 bits per heavy atom. The van der Waals surface area contributed by atoms with Gasteiger partial charge in [-0.1, -0.05) is 20.8 Å². The number of hydrogen-bond acceptors (Lipinski definition) is 3. The van der Waals surface area contributed by atoms with Crippen molar-refractivity contribution in [2.75, 3.05) is 6.54 Å². The Labute approximate surface area is 72.2 Å². The van der Waals surface area contributed by atoms with Gasteiger partial charge in [0, 0.05) is 17.1 Å². The molecule has 0 amide bonds. The first-order chi connectivity index (χ1) is 5.61. The van der Waals surface area contributed by atoms with E-state index >= 15 is 0 Å². The summed E-state index contributed by atoms with van der Waals surface area (Å²) in [7, 11) is 0. The van der Waals surface area contributed by atoms with Crippen LogP contribution in [0.4, 0.5) is 4.53 Å². The van der Waals surface area contributed by atoms with Gasteiger partial charge in [-0.2, -0.15) is 0 Å². The monoisotopic (exact) mass is 177 g/mol. The standard InChI is InChI=1S/C8H16FNO2/c1-4-7(8(11)12-9)5-10-6(2)3/h6-7,10H,4-5H2,1-3H3. The molecule has 0 aromatic rings. The maximum atomic E-state index is 11.5. The zero-order valence-corrected chi connectivity index (χ0v) is 7.76. The molecule has 72 valence electrons. The summed E-state index contributed by atoms with van der Waals surface area (Å²) in [6, 6.07) is 0.298. The third-order valence-corrected chi connectivity index (χ3v) is 1.67. The van der Waals surface area contributed by atoms with Gasteiger partial charge < -0.3 is 5.32 Å². The highest BCUT2D eigenvalue weighted by atomic mass is 19.3. The quantitative estimate of drug-likeness (QED) is 0.690. The van der Waals surface area contributed by atoms with E-state index < -0.39 is 5.97 Å². The van der Waals surface area contributed by atoms with Gasteiger partial charge in [-0.3, -0.25) is 4.94 Å². The van der Waals surface area contributed by atoms with Crippen molar-refractivity contribution in [3.8, 4) is 0 Å². The Bertz CT molecular complexity index is 139. The van der Waals surface area contributed by atoms with Gasteiger partial charge in [0.2, 0.25) is 0 Å². The van der Waals surface area contributed by atoms with Crippen LogP contribution in [0, 0.1) is 5.92 Å². The van der Waals surface area contributed by atoms with E-state index in [0.29, 0.717) is 19.0 Å². The van der Waals surface area contributed by atoms with Gasteiger partial charge in [-0.05, 0) is 6.42 Å². The van der Waals surface area contributed by atoms with Crippen molar-refractivity contribution >= 4 is 5.97 Å². The lowest BCUT2D eigenvalue weighted by molar-refractivity contribution is -0.189. The van der Waals surface area contributed by atoms with E-state index in [1.165, 1.54) is 0 Å². The molecule has 0 heterocycles. The van der Waals surface area contributed by atoms with Gasteiger partial charge in [-0.15, -0.1) is 0 Å². The fourth-order valence-corrected chi connectivity index (χ4v) is 0.835. The maximum absolute atomic E-state index is 11.5. The molecule has 0 aliphatic carbocycles.